The Labute approximate surface area is 126 Å². The molecule has 2 aromatic rings. The molecule has 5 nitrogen and oxygen atoms in total. The third-order valence-electron chi connectivity index (χ3n) is 2.72. The summed E-state index contributed by atoms with van der Waals surface area (Å²) in [4.78, 5) is 4.11. The van der Waals surface area contributed by atoms with Crippen molar-refractivity contribution in [3.63, 3.8) is 0 Å². The van der Waals surface area contributed by atoms with Crippen LogP contribution in [0.3, 0.4) is 0 Å². The third-order valence-corrected chi connectivity index (χ3v) is 4.99. The lowest BCUT2D eigenvalue weighted by atomic mass is 10.2. The van der Waals surface area contributed by atoms with E-state index in [0.717, 1.165) is 10.0 Å². The zero-order valence-corrected chi connectivity index (χ0v) is 13.4. The van der Waals surface area contributed by atoms with Crippen molar-refractivity contribution in [2.24, 2.45) is 0 Å². The van der Waals surface area contributed by atoms with E-state index in [1.165, 1.54) is 12.3 Å². The van der Waals surface area contributed by atoms with E-state index in [1.807, 2.05) is 13.0 Å². The van der Waals surface area contributed by atoms with Crippen LogP contribution in [0.1, 0.15) is 5.56 Å². The number of pyridine rings is 1. The molecule has 0 fully saturated rings. The highest BCUT2D eigenvalue weighted by atomic mass is 79.9. The number of halogens is 1. The number of hydrogen-bond donors (Lipinski definition) is 2. The van der Waals surface area contributed by atoms with E-state index in [4.69, 9.17) is 0 Å². The van der Waals surface area contributed by atoms with Gasteiger partial charge in [-0.3, -0.25) is 4.72 Å². The van der Waals surface area contributed by atoms with Crippen LogP contribution in [0, 0.1) is 6.92 Å². The molecule has 1 aromatic carbocycles. The van der Waals surface area contributed by atoms with E-state index >= 15 is 0 Å². The zero-order chi connectivity index (χ0) is 14.8. The first-order valence-electron chi connectivity index (χ1n) is 5.86. The lowest BCUT2D eigenvalue weighted by molar-refractivity contribution is 0.601. The Morgan fingerprint density at radius 2 is 2.00 bits per heavy atom. The molecule has 0 aliphatic carbocycles. The van der Waals surface area contributed by atoms with E-state index in [9.17, 15) is 8.42 Å². The summed E-state index contributed by atoms with van der Waals surface area (Å²) in [5.41, 5.74) is 1.53. The molecule has 0 saturated heterocycles. The van der Waals surface area contributed by atoms with Crippen LogP contribution in [0.4, 0.5) is 11.5 Å². The predicted molar refractivity (Wildman–Crippen MR) is 83.5 cm³/mol. The molecule has 0 atom stereocenters. The van der Waals surface area contributed by atoms with Gasteiger partial charge < -0.3 is 5.32 Å². The molecule has 7 heteroatoms. The number of nitrogens with one attached hydrogen (secondary N) is 2. The molecule has 20 heavy (non-hydrogen) atoms. The molecular formula is C13H14BrN3O2S. The van der Waals surface area contributed by atoms with Crippen LogP contribution in [0.5, 0.6) is 0 Å². The number of anilines is 2. The van der Waals surface area contributed by atoms with Crippen LogP contribution >= 0.6 is 15.9 Å². The molecule has 0 aliphatic heterocycles. The summed E-state index contributed by atoms with van der Waals surface area (Å²) in [6.07, 6.45) is 1.54. The normalized spacial score (nSPS) is 11.2. The summed E-state index contributed by atoms with van der Waals surface area (Å²) in [5.74, 6) is 0.311. The molecule has 0 bridgehead atoms. The summed E-state index contributed by atoms with van der Waals surface area (Å²) >= 11 is 3.38. The minimum atomic E-state index is -3.68. The van der Waals surface area contributed by atoms with E-state index in [1.54, 1.807) is 25.2 Å². The van der Waals surface area contributed by atoms with Crippen LogP contribution in [0.2, 0.25) is 0 Å². The maximum Gasteiger partial charge on any atom is 0.265 e. The second-order valence-electron chi connectivity index (χ2n) is 4.17. The number of aryl methyl sites for hydroxylation is 1. The van der Waals surface area contributed by atoms with Crippen LogP contribution in [-0.4, -0.2) is 20.4 Å². The molecule has 0 amide bonds. The standard InChI is InChI=1S/C13H14BrN3O2S/c1-9-5-6-10(8-11(9)14)17-20(18,19)12-4-3-7-16-13(12)15-2/h3-8,17H,1-2H3,(H,15,16). The molecule has 0 unspecified atom stereocenters. The lowest BCUT2D eigenvalue weighted by Gasteiger charge is -2.11. The largest absolute Gasteiger partial charge is 0.372 e. The fraction of sp³-hybridized carbons (Fsp3) is 0.154. The van der Waals surface area contributed by atoms with Crippen LogP contribution < -0.4 is 10.0 Å². The van der Waals surface area contributed by atoms with Crippen molar-refractivity contribution in [3.8, 4) is 0 Å². The summed E-state index contributed by atoms with van der Waals surface area (Å²) in [6, 6.07) is 8.37. The number of benzene rings is 1. The van der Waals surface area contributed by atoms with E-state index < -0.39 is 10.0 Å². The van der Waals surface area contributed by atoms with Gasteiger partial charge in [0, 0.05) is 23.4 Å². The Morgan fingerprint density at radius 1 is 1.25 bits per heavy atom. The Bertz CT molecular complexity index is 732. The van der Waals surface area contributed by atoms with Crippen molar-refractivity contribution in [2.45, 2.75) is 11.8 Å². The van der Waals surface area contributed by atoms with Crippen LogP contribution in [0.25, 0.3) is 0 Å². The fourth-order valence-electron chi connectivity index (χ4n) is 1.66. The van der Waals surface area contributed by atoms with Crippen LogP contribution in [-0.2, 0) is 10.0 Å². The van der Waals surface area contributed by atoms with Gasteiger partial charge in [0.25, 0.3) is 10.0 Å². The average Bonchev–Trinajstić information content (AvgIpc) is 2.42. The van der Waals surface area contributed by atoms with Gasteiger partial charge in [-0.25, -0.2) is 13.4 Å². The fourth-order valence-corrected chi connectivity index (χ4v) is 3.25. The molecule has 2 rings (SSSR count). The van der Waals surface area contributed by atoms with Crippen molar-refractivity contribution in [1.29, 1.82) is 0 Å². The third kappa shape index (κ3) is 3.10. The molecular weight excluding hydrogens is 342 g/mol. The van der Waals surface area contributed by atoms with Gasteiger partial charge in [-0.2, -0.15) is 0 Å². The van der Waals surface area contributed by atoms with Crippen molar-refractivity contribution >= 4 is 37.5 Å². The topological polar surface area (TPSA) is 71.1 Å². The summed E-state index contributed by atoms with van der Waals surface area (Å²) in [5, 5.41) is 2.77. The zero-order valence-electron chi connectivity index (χ0n) is 11.0. The predicted octanol–water partition coefficient (Wildman–Crippen LogP) is 3.00. The maximum absolute atomic E-state index is 12.4. The van der Waals surface area contributed by atoms with Gasteiger partial charge in [0.2, 0.25) is 0 Å². The number of nitrogens with zero attached hydrogens (tertiary/aromatic N) is 1. The number of sulfonamides is 1. The molecule has 2 N–H and O–H groups in total. The van der Waals surface area contributed by atoms with Crippen LogP contribution in [0.15, 0.2) is 45.9 Å². The van der Waals surface area contributed by atoms with Gasteiger partial charge in [-0.15, -0.1) is 0 Å². The number of rotatable bonds is 4. The molecule has 0 spiro atoms. The minimum absolute atomic E-state index is 0.110. The van der Waals surface area contributed by atoms with Gasteiger partial charge in [-0.05, 0) is 36.8 Å². The summed E-state index contributed by atoms with van der Waals surface area (Å²) in [7, 11) is -2.05. The number of hydrogen-bond acceptors (Lipinski definition) is 4. The Hall–Kier alpha value is -1.60. The Morgan fingerprint density at radius 3 is 2.65 bits per heavy atom. The molecule has 106 valence electrons. The molecule has 1 aromatic heterocycles. The summed E-state index contributed by atoms with van der Waals surface area (Å²) in [6.45, 7) is 1.93. The second-order valence-corrected chi connectivity index (χ2v) is 6.67. The summed E-state index contributed by atoms with van der Waals surface area (Å²) < 4.78 is 28.1. The Kier molecular flexibility index (Phi) is 4.29. The quantitative estimate of drug-likeness (QED) is 0.884. The smallest absolute Gasteiger partial charge is 0.265 e. The van der Waals surface area contributed by atoms with E-state index in [0.29, 0.717) is 11.5 Å². The molecule has 0 aliphatic rings. The number of aromatic nitrogens is 1. The van der Waals surface area contributed by atoms with Gasteiger partial charge in [-0.1, -0.05) is 22.0 Å². The maximum atomic E-state index is 12.4. The first-order chi connectivity index (χ1) is 9.44. The van der Waals surface area contributed by atoms with Crippen molar-refractivity contribution in [2.75, 3.05) is 17.1 Å². The van der Waals surface area contributed by atoms with Gasteiger partial charge in [0.1, 0.15) is 10.7 Å². The molecule has 1 heterocycles. The van der Waals surface area contributed by atoms with Crippen molar-refractivity contribution in [3.05, 3.63) is 46.6 Å². The monoisotopic (exact) mass is 355 g/mol. The first-order valence-corrected chi connectivity index (χ1v) is 8.13. The van der Waals surface area contributed by atoms with Gasteiger partial charge in [0.05, 0.1) is 0 Å². The highest BCUT2D eigenvalue weighted by molar-refractivity contribution is 9.10. The van der Waals surface area contributed by atoms with E-state index in [-0.39, 0.29) is 4.90 Å². The Balaban J connectivity index is 2.38. The molecule has 0 radical (unpaired) electrons. The first kappa shape index (κ1) is 14.8. The van der Waals surface area contributed by atoms with Crippen molar-refractivity contribution in [1.82, 2.24) is 4.98 Å². The average molecular weight is 356 g/mol. The highest BCUT2D eigenvalue weighted by Gasteiger charge is 2.19. The SMILES string of the molecule is CNc1ncccc1S(=O)(=O)Nc1ccc(C)c(Br)c1. The van der Waals surface area contributed by atoms with Gasteiger partial charge in [0.15, 0.2) is 0 Å². The van der Waals surface area contributed by atoms with Gasteiger partial charge >= 0.3 is 0 Å². The highest BCUT2D eigenvalue weighted by Crippen LogP contribution is 2.24. The lowest BCUT2D eigenvalue weighted by Crippen LogP contribution is -2.15. The van der Waals surface area contributed by atoms with E-state index in [2.05, 4.69) is 31.0 Å². The molecule has 0 saturated carbocycles. The minimum Gasteiger partial charge on any atom is -0.372 e. The van der Waals surface area contributed by atoms with Crippen molar-refractivity contribution < 1.29 is 8.42 Å². The second kappa shape index (κ2) is 5.80.